The summed E-state index contributed by atoms with van der Waals surface area (Å²) in [5.74, 6) is -1.32. The molecule has 1 unspecified atom stereocenters. The minimum Gasteiger partial charge on any atom is -0.399 e. The molecule has 18 heavy (non-hydrogen) atoms. The van der Waals surface area contributed by atoms with E-state index in [9.17, 15) is 12.8 Å². The van der Waals surface area contributed by atoms with Gasteiger partial charge in [-0.3, -0.25) is 0 Å². The molecule has 0 spiro atoms. The Bertz CT molecular complexity index is 536. The lowest BCUT2D eigenvalue weighted by Gasteiger charge is -2.12. The van der Waals surface area contributed by atoms with Gasteiger partial charge in [-0.05, 0) is 18.1 Å². The van der Waals surface area contributed by atoms with Crippen molar-refractivity contribution >= 4 is 27.3 Å². The summed E-state index contributed by atoms with van der Waals surface area (Å²) in [5, 5.41) is 8.44. The third kappa shape index (κ3) is 3.55. The van der Waals surface area contributed by atoms with Gasteiger partial charge in [-0.1, -0.05) is 18.5 Å². The van der Waals surface area contributed by atoms with E-state index in [0.717, 1.165) is 12.1 Å². The van der Waals surface area contributed by atoms with Gasteiger partial charge in [0.05, 0.1) is 5.02 Å². The molecule has 1 aromatic rings. The predicted octanol–water partition coefficient (Wildman–Crippen LogP) is 0.968. The zero-order valence-electron chi connectivity index (χ0n) is 9.65. The summed E-state index contributed by atoms with van der Waals surface area (Å²) in [4.78, 5) is -0.599. The normalized spacial score (nSPS) is 13.6. The molecule has 0 aromatic heterocycles. The van der Waals surface area contributed by atoms with Crippen LogP contribution in [0.1, 0.15) is 6.92 Å². The van der Waals surface area contributed by atoms with Gasteiger partial charge in [-0.15, -0.1) is 0 Å². The molecule has 0 radical (unpaired) electrons. The largest absolute Gasteiger partial charge is 0.399 e. The Balaban J connectivity index is 3.05. The number of sulfonamides is 1. The summed E-state index contributed by atoms with van der Waals surface area (Å²) in [7, 11) is -4.04. The number of halogens is 2. The van der Waals surface area contributed by atoms with Crippen LogP contribution in [0.2, 0.25) is 5.02 Å². The molecule has 1 aromatic carbocycles. The molecule has 1 rings (SSSR count). The first kappa shape index (κ1) is 15.2. The van der Waals surface area contributed by atoms with E-state index in [1.165, 1.54) is 0 Å². The van der Waals surface area contributed by atoms with Crippen LogP contribution in [-0.4, -0.2) is 26.7 Å². The lowest BCUT2D eigenvalue weighted by Crippen LogP contribution is -2.30. The molecule has 0 saturated carbocycles. The van der Waals surface area contributed by atoms with Crippen LogP contribution in [0.4, 0.5) is 10.1 Å². The molecule has 0 amide bonds. The second-order valence-corrected chi connectivity index (χ2v) is 6.10. The highest BCUT2D eigenvalue weighted by molar-refractivity contribution is 7.89. The van der Waals surface area contributed by atoms with Gasteiger partial charge in [0.25, 0.3) is 0 Å². The summed E-state index contributed by atoms with van der Waals surface area (Å²) >= 11 is 5.53. The van der Waals surface area contributed by atoms with Gasteiger partial charge >= 0.3 is 0 Å². The van der Waals surface area contributed by atoms with Crippen LogP contribution in [0.5, 0.6) is 0 Å². The number of rotatable bonds is 5. The van der Waals surface area contributed by atoms with Gasteiger partial charge < -0.3 is 10.8 Å². The average molecular weight is 297 g/mol. The molecule has 0 aliphatic heterocycles. The number of benzene rings is 1. The van der Waals surface area contributed by atoms with Crippen LogP contribution < -0.4 is 10.5 Å². The molecule has 0 saturated heterocycles. The van der Waals surface area contributed by atoms with Gasteiger partial charge in [-0.2, -0.15) is 0 Å². The summed E-state index contributed by atoms with van der Waals surface area (Å²) in [6.45, 7) is 1.46. The number of nitrogen functional groups attached to an aromatic ring is 1. The molecule has 0 heterocycles. The smallest absolute Gasteiger partial charge is 0.243 e. The van der Waals surface area contributed by atoms with E-state index in [1.807, 2.05) is 0 Å². The second kappa shape index (κ2) is 5.83. The minimum atomic E-state index is -4.04. The minimum absolute atomic E-state index is 0.00923. The Morgan fingerprint density at radius 3 is 2.72 bits per heavy atom. The van der Waals surface area contributed by atoms with Crippen LogP contribution in [0, 0.1) is 11.7 Å². The highest BCUT2D eigenvalue weighted by Crippen LogP contribution is 2.25. The van der Waals surface area contributed by atoms with Crippen LogP contribution in [0.15, 0.2) is 17.0 Å². The predicted molar refractivity (Wildman–Crippen MR) is 67.3 cm³/mol. The monoisotopic (exact) mass is 296 g/mol. The topological polar surface area (TPSA) is 92.4 Å². The number of aliphatic hydroxyl groups is 1. The highest BCUT2D eigenvalue weighted by atomic mass is 35.5. The summed E-state index contributed by atoms with van der Waals surface area (Å²) in [5.41, 5.74) is 5.48. The summed E-state index contributed by atoms with van der Waals surface area (Å²) in [6.07, 6.45) is 0. The van der Waals surface area contributed by atoms with E-state index in [2.05, 4.69) is 4.72 Å². The number of nitrogens with one attached hydrogen (secondary N) is 1. The second-order valence-electron chi connectivity index (χ2n) is 3.95. The van der Waals surface area contributed by atoms with Gasteiger partial charge in [0.15, 0.2) is 5.82 Å². The molecule has 0 aliphatic rings. The Morgan fingerprint density at radius 1 is 1.56 bits per heavy atom. The molecular weight excluding hydrogens is 283 g/mol. The molecule has 4 N–H and O–H groups in total. The van der Waals surface area contributed by atoms with Crippen molar-refractivity contribution in [3.05, 3.63) is 23.0 Å². The summed E-state index contributed by atoms with van der Waals surface area (Å²) < 4.78 is 39.5. The van der Waals surface area contributed by atoms with Gasteiger partial charge in [0, 0.05) is 18.8 Å². The average Bonchev–Trinajstić information content (AvgIpc) is 2.30. The quantitative estimate of drug-likeness (QED) is 0.706. The van der Waals surface area contributed by atoms with Crippen LogP contribution >= 0.6 is 11.6 Å². The molecular formula is C10H14ClFN2O3S. The molecule has 8 heteroatoms. The molecule has 0 aliphatic carbocycles. The highest BCUT2D eigenvalue weighted by Gasteiger charge is 2.22. The molecule has 1 atom stereocenters. The fraction of sp³-hybridized carbons (Fsp3) is 0.400. The maximum atomic E-state index is 13.6. The maximum Gasteiger partial charge on any atom is 0.243 e. The van der Waals surface area contributed by atoms with Crippen molar-refractivity contribution in [3.8, 4) is 0 Å². The van der Waals surface area contributed by atoms with Gasteiger partial charge in [-0.25, -0.2) is 17.5 Å². The number of nitrogens with two attached hydrogens (primary N) is 1. The van der Waals surface area contributed by atoms with Crippen LogP contribution in [0.25, 0.3) is 0 Å². The van der Waals surface area contributed by atoms with Crippen molar-refractivity contribution in [1.29, 1.82) is 0 Å². The van der Waals surface area contributed by atoms with Crippen LogP contribution in [-0.2, 0) is 10.0 Å². The standard InChI is InChI=1S/C10H14ClFN2O3S/c1-6(5-15)4-14-18(16,17)9-3-7(13)2-8(11)10(9)12/h2-3,6,14-15H,4-5,13H2,1H3. The molecule has 0 bridgehead atoms. The lowest BCUT2D eigenvalue weighted by molar-refractivity contribution is 0.238. The first-order valence-corrected chi connectivity index (χ1v) is 6.99. The Hall–Kier alpha value is -0.890. The third-order valence-corrected chi connectivity index (χ3v) is 3.94. The van der Waals surface area contributed by atoms with Crippen molar-refractivity contribution in [2.45, 2.75) is 11.8 Å². The number of anilines is 1. The van der Waals surface area contributed by atoms with E-state index in [0.29, 0.717) is 0 Å². The fourth-order valence-corrected chi connectivity index (χ4v) is 2.75. The van der Waals surface area contributed by atoms with Crippen molar-refractivity contribution in [2.75, 3.05) is 18.9 Å². The third-order valence-electron chi connectivity index (χ3n) is 2.24. The van der Waals surface area contributed by atoms with Gasteiger partial charge in [0.1, 0.15) is 4.90 Å². The summed E-state index contributed by atoms with van der Waals surface area (Å²) in [6, 6.07) is 2.12. The molecule has 102 valence electrons. The lowest BCUT2D eigenvalue weighted by atomic mass is 10.2. The van der Waals surface area contributed by atoms with Gasteiger partial charge in [0.2, 0.25) is 10.0 Å². The van der Waals surface area contributed by atoms with E-state index >= 15 is 0 Å². The SMILES string of the molecule is CC(CO)CNS(=O)(=O)c1cc(N)cc(Cl)c1F. The number of hydrogen-bond donors (Lipinski definition) is 3. The zero-order valence-corrected chi connectivity index (χ0v) is 11.2. The van der Waals surface area contributed by atoms with Crippen molar-refractivity contribution in [3.63, 3.8) is 0 Å². The van der Waals surface area contributed by atoms with Crippen molar-refractivity contribution < 1.29 is 17.9 Å². The molecule has 5 nitrogen and oxygen atoms in total. The van der Waals surface area contributed by atoms with Crippen molar-refractivity contribution in [2.24, 2.45) is 5.92 Å². The Morgan fingerprint density at radius 2 is 2.17 bits per heavy atom. The maximum absolute atomic E-state index is 13.6. The Kier molecular flexibility index (Phi) is 4.92. The fourth-order valence-electron chi connectivity index (χ4n) is 1.17. The number of hydrogen-bond acceptors (Lipinski definition) is 4. The zero-order chi connectivity index (χ0) is 13.9. The first-order valence-electron chi connectivity index (χ1n) is 5.13. The van der Waals surface area contributed by atoms with E-state index in [-0.39, 0.29) is 29.8 Å². The molecule has 0 fully saturated rings. The van der Waals surface area contributed by atoms with Crippen molar-refractivity contribution in [1.82, 2.24) is 4.72 Å². The van der Waals surface area contributed by atoms with E-state index in [4.69, 9.17) is 22.4 Å². The van der Waals surface area contributed by atoms with E-state index < -0.39 is 20.7 Å². The first-order chi connectivity index (χ1) is 8.27. The van der Waals surface area contributed by atoms with E-state index in [1.54, 1.807) is 6.92 Å². The number of aliphatic hydroxyl groups excluding tert-OH is 1. The van der Waals surface area contributed by atoms with Crippen LogP contribution in [0.3, 0.4) is 0 Å². The Labute approximate surface area is 110 Å².